The van der Waals surface area contributed by atoms with E-state index in [4.69, 9.17) is 20.4 Å². The molecule has 1 aliphatic heterocycles. The Morgan fingerprint density at radius 2 is 2.00 bits per heavy atom. The molecule has 1 fully saturated rings. The molecular formula is C13H19N3O. The van der Waals surface area contributed by atoms with Crippen molar-refractivity contribution in [3.05, 3.63) is 22.8 Å². The van der Waals surface area contributed by atoms with Crippen LogP contribution < -0.4 is 5.73 Å². The Morgan fingerprint density at radius 1 is 1.18 bits per heavy atom. The third kappa shape index (κ3) is 2.33. The second-order valence-corrected chi connectivity index (χ2v) is 4.88. The fourth-order valence-electron chi connectivity index (χ4n) is 2.41. The number of hydrogen-bond acceptors (Lipinski definition) is 4. The number of aromatic nitrogens is 2. The summed E-state index contributed by atoms with van der Waals surface area (Å²) in [5, 5.41) is 0. The minimum atomic E-state index is 0.612. The molecule has 92 valence electrons. The fourth-order valence-corrected chi connectivity index (χ4v) is 2.41. The maximum Gasteiger partial charge on any atom is 0.131 e. The number of fused-ring (bicyclic) bond motifs is 1. The van der Waals surface area contributed by atoms with Gasteiger partial charge in [0.25, 0.3) is 0 Å². The van der Waals surface area contributed by atoms with Gasteiger partial charge in [-0.05, 0) is 31.4 Å². The van der Waals surface area contributed by atoms with E-state index in [0.29, 0.717) is 12.5 Å². The summed E-state index contributed by atoms with van der Waals surface area (Å²) in [7, 11) is 0. The Labute approximate surface area is 102 Å². The molecule has 0 atom stereocenters. The number of hydrogen-bond donors (Lipinski definition) is 1. The van der Waals surface area contributed by atoms with Gasteiger partial charge in [-0.25, -0.2) is 9.97 Å². The van der Waals surface area contributed by atoms with E-state index in [-0.39, 0.29) is 0 Å². The minimum Gasteiger partial charge on any atom is -0.381 e. The van der Waals surface area contributed by atoms with Crippen molar-refractivity contribution in [1.29, 1.82) is 0 Å². The Balaban J connectivity index is 2.00. The van der Waals surface area contributed by atoms with Gasteiger partial charge in [0.1, 0.15) is 5.82 Å². The molecule has 0 unspecified atom stereocenters. The Kier molecular flexibility index (Phi) is 3.07. The minimum absolute atomic E-state index is 0.612. The van der Waals surface area contributed by atoms with E-state index >= 15 is 0 Å². The molecule has 4 nitrogen and oxygen atoms in total. The summed E-state index contributed by atoms with van der Waals surface area (Å²) in [6, 6.07) is 0. The third-order valence-electron chi connectivity index (χ3n) is 3.50. The highest BCUT2D eigenvalue weighted by Crippen LogP contribution is 2.38. The van der Waals surface area contributed by atoms with E-state index in [1.54, 1.807) is 0 Å². The van der Waals surface area contributed by atoms with E-state index in [2.05, 4.69) is 0 Å². The maximum atomic E-state index is 5.68. The molecule has 1 saturated carbocycles. The zero-order chi connectivity index (χ0) is 11.7. The van der Waals surface area contributed by atoms with Gasteiger partial charge in [-0.3, -0.25) is 0 Å². The zero-order valence-electron chi connectivity index (χ0n) is 10.1. The number of nitrogens with zero attached hydrogens (tertiary/aromatic N) is 2. The van der Waals surface area contributed by atoms with Crippen LogP contribution in [0.2, 0.25) is 0 Å². The number of ether oxygens (including phenoxy) is 1. The van der Waals surface area contributed by atoms with Crippen molar-refractivity contribution in [2.75, 3.05) is 19.8 Å². The van der Waals surface area contributed by atoms with Gasteiger partial charge < -0.3 is 10.5 Å². The van der Waals surface area contributed by atoms with Gasteiger partial charge in [0.15, 0.2) is 0 Å². The summed E-state index contributed by atoms with van der Waals surface area (Å²) >= 11 is 0. The monoisotopic (exact) mass is 233 g/mol. The first-order valence-corrected chi connectivity index (χ1v) is 6.55. The van der Waals surface area contributed by atoms with Gasteiger partial charge in [0, 0.05) is 30.1 Å². The van der Waals surface area contributed by atoms with Crippen LogP contribution in [-0.2, 0) is 24.0 Å². The van der Waals surface area contributed by atoms with Crippen LogP contribution in [0, 0.1) is 0 Å². The van der Waals surface area contributed by atoms with Crippen molar-refractivity contribution in [2.24, 2.45) is 5.73 Å². The molecule has 0 bridgehead atoms. The largest absolute Gasteiger partial charge is 0.381 e. The summed E-state index contributed by atoms with van der Waals surface area (Å²) < 4.78 is 5.53. The third-order valence-corrected chi connectivity index (χ3v) is 3.50. The van der Waals surface area contributed by atoms with Crippen LogP contribution >= 0.6 is 0 Å². The summed E-state index contributed by atoms with van der Waals surface area (Å²) in [5.41, 5.74) is 9.37. The molecule has 1 aromatic heterocycles. The van der Waals surface area contributed by atoms with E-state index < -0.39 is 0 Å². The van der Waals surface area contributed by atoms with Crippen molar-refractivity contribution < 1.29 is 4.74 Å². The van der Waals surface area contributed by atoms with Crippen molar-refractivity contribution >= 4 is 0 Å². The second kappa shape index (κ2) is 4.70. The summed E-state index contributed by atoms with van der Waals surface area (Å²) in [6.07, 6.45) is 5.23. The van der Waals surface area contributed by atoms with Crippen LogP contribution in [0.3, 0.4) is 0 Å². The van der Waals surface area contributed by atoms with Crippen LogP contribution in [0.15, 0.2) is 0 Å². The average Bonchev–Trinajstić information content (AvgIpc) is 3.16. The van der Waals surface area contributed by atoms with E-state index in [0.717, 1.165) is 38.3 Å². The predicted octanol–water partition coefficient (Wildman–Crippen LogP) is 0.970. The molecule has 17 heavy (non-hydrogen) atoms. The molecule has 2 N–H and O–H groups in total. The van der Waals surface area contributed by atoms with Crippen molar-refractivity contribution in [1.82, 2.24) is 9.97 Å². The molecule has 0 radical (unpaired) electrons. The maximum absolute atomic E-state index is 5.68. The van der Waals surface area contributed by atoms with Crippen molar-refractivity contribution in [3.63, 3.8) is 0 Å². The van der Waals surface area contributed by atoms with Crippen LogP contribution in [0.4, 0.5) is 0 Å². The average molecular weight is 233 g/mol. The lowest BCUT2D eigenvalue weighted by molar-refractivity contribution is 0.146. The summed E-state index contributed by atoms with van der Waals surface area (Å²) in [6.45, 7) is 2.24. The Morgan fingerprint density at radius 3 is 2.76 bits per heavy atom. The predicted molar refractivity (Wildman–Crippen MR) is 65.0 cm³/mol. The fraction of sp³-hybridized carbons (Fsp3) is 0.692. The SMILES string of the molecule is NCCc1nc(C2CC2)nc2c1CCOCC2. The highest BCUT2D eigenvalue weighted by atomic mass is 16.5. The topological polar surface area (TPSA) is 61.0 Å². The molecule has 2 heterocycles. The molecule has 2 aliphatic rings. The van der Waals surface area contributed by atoms with Gasteiger partial charge >= 0.3 is 0 Å². The highest BCUT2D eigenvalue weighted by Gasteiger charge is 2.28. The molecule has 3 rings (SSSR count). The Hall–Kier alpha value is -1.00. The Bertz CT molecular complexity index is 415. The summed E-state index contributed by atoms with van der Waals surface area (Å²) in [4.78, 5) is 9.48. The molecular weight excluding hydrogens is 214 g/mol. The van der Waals surface area contributed by atoms with E-state index in [1.807, 2.05) is 0 Å². The lowest BCUT2D eigenvalue weighted by Crippen LogP contribution is -2.13. The van der Waals surface area contributed by atoms with Gasteiger partial charge in [-0.1, -0.05) is 0 Å². The number of rotatable bonds is 3. The molecule has 0 amide bonds. The lowest BCUT2D eigenvalue weighted by Gasteiger charge is -2.12. The first kappa shape index (κ1) is 11.1. The quantitative estimate of drug-likeness (QED) is 0.845. The van der Waals surface area contributed by atoms with Crippen LogP contribution in [-0.4, -0.2) is 29.7 Å². The molecule has 1 aliphatic carbocycles. The van der Waals surface area contributed by atoms with E-state index in [1.165, 1.54) is 29.8 Å². The van der Waals surface area contributed by atoms with Gasteiger partial charge in [0.05, 0.1) is 13.2 Å². The highest BCUT2D eigenvalue weighted by molar-refractivity contribution is 5.29. The van der Waals surface area contributed by atoms with Crippen LogP contribution in [0.25, 0.3) is 0 Å². The molecule has 1 aromatic rings. The zero-order valence-corrected chi connectivity index (χ0v) is 10.1. The standard InChI is InChI=1S/C13H19N3O/c14-6-3-11-10-4-7-17-8-5-12(10)16-13(15-11)9-1-2-9/h9H,1-8,14H2. The van der Waals surface area contributed by atoms with Crippen LogP contribution in [0.1, 0.15) is 41.5 Å². The smallest absolute Gasteiger partial charge is 0.131 e. The van der Waals surface area contributed by atoms with Gasteiger partial charge in [-0.2, -0.15) is 0 Å². The molecule has 0 spiro atoms. The summed E-state index contributed by atoms with van der Waals surface area (Å²) in [5.74, 6) is 1.66. The van der Waals surface area contributed by atoms with Crippen molar-refractivity contribution in [3.8, 4) is 0 Å². The number of nitrogens with two attached hydrogens (primary N) is 1. The van der Waals surface area contributed by atoms with Gasteiger partial charge in [-0.15, -0.1) is 0 Å². The van der Waals surface area contributed by atoms with Crippen LogP contribution in [0.5, 0.6) is 0 Å². The molecule has 4 heteroatoms. The molecule has 0 saturated heterocycles. The normalized spacial score (nSPS) is 19.8. The second-order valence-electron chi connectivity index (χ2n) is 4.88. The first-order valence-electron chi connectivity index (χ1n) is 6.55. The first-order chi connectivity index (χ1) is 8.38. The van der Waals surface area contributed by atoms with Gasteiger partial charge in [0.2, 0.25) is 0 Å². The van der Waals surface area contributed by atoms with Crippen molar-refractivity contribution in [2.45, 2.75) is 38.0 Å². The van der Waals surface area contributed by atoms with E-state index in [9.17, 15) is 0 Å². The lowest BCUT2D eigenvalue weighted by atomic mass is 10.0. The molecule has 0 aromatic carbocycles.